The second kappa shape index (κ2) is 3.25. The van der Waals surface area contributed by atoms with Gasteiger partial charge < -0.3 is 0 Å². The van der Waals surface area contributed by atoms with Crippen molar-refractivity contribution in [2.75, 3.05) is 0 Å². The molecule has 0 heterocycles. The van der Waals surface area contributed by atoms with Crippen molar-refractivity contribution in [1.82, 2.24) is 0 Å². The molecule has 0 N–H and O–H groups in total. The molecule has 0 atom stereocenters. The van der Waals surface area contributed by atoms with Gasteiger partial charge in [0, 0.05) is 0 Å². The van der Waals surface area contributed by atoms with Gasteiger partial charge in [-0.15, -0.1) is 0 Å². The van der Waals surface area contributed by atoms with Gasteiger partial charge in [0.2, 0.25) is 0 Å². The fourth-order valence-electron chi connectivity index (χ4n) is 0.597. The van der Waals surface area contributed by atoms with E-state index < -0.39 is 23.7 Å². The van der Waals surface area contributed by atoms with Crippen LogP contribution >= 0.6 is 0 Å². The molecule has 82 valence electrons. The number of allylic oxidation sites excluding steroid dienone is 1. The zero-order valence-corrected chi connectivity index (χ0v) is 6.51. The third-order valence-electron chi connectivity index (χ3n) is 1.37. The van der Waals surface area contributed by atoms with E-state index >= 15 is 0 Å². The van der Waals surface area contributed by atoms with Crippen LogP contribution in [0.4, 0.5) is 30.7 Å². The van der Waals surface area contributed by atoms with Gasteiger partial charge in [-0.3, -0.25) is 4.99 Å². The first-order valence-electron chi connectivity index (χ1n) is 2.97. The van der Waals surface area contributed by atoms with Gasteiger partial charge in [-0.25, -0.2) is 4.39 Å². The Labute approximate surface area is 73.9 Å². The summed E-state index contributed by atoms with van der Waals surface area (Å²) in [6.45, 7) is 4.60. The van der Waals surface area contributed by atoms with Gasteiger partial charge >= 0.3 is 18.0 Å². The van der Waals surface area contributed by atoms with Crippen LogP contribution < -0.4 is 0 Å². The lowest BCUT2D eigenvalue weighted by atomic mass is 10.0. The van der Waals surface area contributed by atoms with Crippen LogP contribution in [0, 0.1) is 0 Å². The van der Waals surface area contributed by atoms with Gasteiger partial charge in [0.05, 0.1) is 5.70 Å². The Morgan fingerprint density at radius 2 is 1.14 bits per heavy atom. The molecule has 0 fully saturated rings. The van der Waals surface area contributed by atoms with E-state index in [0.29, 0.717) is 0 Å². The summed E-state index contributed by atoms with van der Waals surface area (Å²) in [5, 5.41) is 0. The maximum atomic E-state index is 12.7. The molecule has 0 rings (SSSR count). The summed E-state index contributed by atoms with van der Waals surface area (Å²) in [6, 6.07) is 0. The maximum absolute atomic E-state index is 12.7. The smallest absolute Gasteiger partial charge is 0.266 e. The highest BCUT2D eigenvalue weighted by molar-refractivity contribution is 5.33. The largest absolute Gasteiger partial charge is 0.437 e. The highest BCUT2D eigenvalue weighted by Gasteiger charge is 2.74. The van der Waals surface area contributed by atoms with Crippen molar-refractivity contribution in [3.63, 3.8) is 0 Å². The molecule has 0 unspecified atom stereocenters. The summed E-state index contributed by atoms with van der Waals surface area (Å²) in [5.41, 5.74) is -7.57. The van der Waals surface area contributed by atoms with Gasteiger partial charge in [0.1, 0.15) is 0 Å². The topological polar surface area (TPSA) is 12.4 Å². The average molecular weight is 223 g/mol. The molecule has 0 saturated heterocycles. The Bertz CT molecular complexity index is 234. The van der Waals surface area contributed by atoms with E-state index in [4.69, 9.17) is 0 Å². The van der Waals surface area contributed by atoms with Gasteiger partial charge in [0.25, 0.3) is 0 Å². The monoisotopic (exact) mass is 223 g/mol. The van der Waals surface area contributed by atoms with E-state index in [9.17, 15) is 30.7 Å². The van der Waals surface area contributed by atoms with Crippen LogP contribution in [0.25, 0.3) is 0 Å². The normalized spacial score (nSPS) is 13.9. The van der Waals surface area contributed by atoms with Crippen LogP contribution in [0.15, 0.2) is 17.3 Å². The Balaban J connectivity index is 5.52. The van der Waals surface area contributed by atoms with Crippen LogP contribution in [0.3, 0.4) is 0 Å². The van der Waals surface area contributed by atoms with E-state index in [0.717, 1.165) is 0 Å². The number of nitrogens with zero attached hydrogens (tertiary/aromatic N) is 1. The van der Waals surface area contributed by atoms with E-state index in [2.05, 4.69) is 18.3 Å². The van der Waals surface area contributed by atoms with Crippen molar-refractivity contribution in [2.24, 2.45) is 4.99 Å². The summed E-state index contributed by atoms with van der Waals surface area (Å²) in [7, 11) is 0. The molecule has 14 heavy (non-hydrogen) atoms. The molecule has 0 saturated carbocycles. The van der Waals surface area contributed by atoms with E-state index in [1.165, 1.54) is 0 Å². The highest BCUT2D eigenvalue weighted by Crippen LogP contribution is 2.50. The van der Waals surface area contributed by atoms with Crippen LogP contribution in [0.1, 0.15) is 0 Å². The summed E-state index contributed by atoms with van der Waals surface area (Å²) in [6.07, 6.45) is -12.3. The highest BCUT2D eigenvalue weighted by atomic mass is 19.4. The zero-order chi connectivity index (χ0) is 11.8. The summed E-state index contributed by atoms with van der Waals surface area (Å²) in [4.78, 5) is 2.23. The van der Waals surface area contributed by atoms with Gasteiger partial charge in [-0.2, -0.15) is 26.3 Å². The second-order valence-electron chi connectivity index (χ2n) is 2.26. The third-order valence-corrected chi connectivity index (χ3v) is 1.37. The summed E-state index contributed by atoms with van der Waals surface area (Å²) < 4.78 is 83.5. The molecule has 0 spiro atoms. The lowest BCUT2D eigenvalue weighted by Crippen LogP contribution is -2.54. The maximum Gasteiger partial charge on any atom is 0.437 e. The van der Waals surface area contributed by atoms with E-state index in [1.807, 2.05) is 0 Å². The number of hydrogen-bond donors (Lipinski definition) is 0. The Hall–Kier alpha value is -1.08. The predicted molar refractivity (Wildman–Crippen MR) is 34.6 cm³/mol. The van der Waals surface area contributed by atoms with Gasteiger partial charge in [-0.05, 0) is 6.72 Å². The molecule has 0 aromatic carbocycles. The SMILES string of the molecule is C=NC(=C)C(F)(C(F)(F)F)C(F)(F)F. The predicted octanol–water partition coefficient (Wildman–Crippen LogP) is 3.03. The first-order chi connectivity index (χ1) is 5.98. The van der Waals surface area contributed by atoms with Crippen LogP contribution in [-0.4, -0.2) is 24.7 Å². The van der Waals surface area contributed by atoms with E-state index in [1.54, 1.807) is 0 Å². The molecule has 1 nitrogen and oxygen atoms in total. The quantitative estimate of drug-likeness (QED) is 0.504. The minimum atomic E-state index is -6.16. The number of halogens is 7. The molecule has 0 bridgehead atoms. The molecule has 0 aliphatic carbocycles. The molecule has 0 aromatic heterocycles. The van der Waals surface area contributed by atoms with Gasteiger partial charge in [-0.1, -0.05) is 6.58 Å². The lowest BCUT2D eigenvalue weighted by Gasteiger charge is -2.29. The Morgan fingerprint density at radius 1 is 0.857 bits per heavy atom. The summed E-state index contributed by atoms with van der Waals surface area (Å²) in [5.74, 6) is 0. The third kappa shape index (κ3) is 1.73. The van der Waals surface area contributed by atoms with Gasteiger partial charge in [0.15, 0.2) is 0 Å². The van der Waals surface area contributed by atoms with Crippen molar-refractivity contribution >= 4 is 6.72 Å². The molecule has 0 amide bonds. The summed E-state index contributed by atoms with van der Waals surface area (Å²) >= 11 is 0. The molecular weight excluding hydrogens is 219 g/mol. The molecular formula is C6H4F7N. The van der Waals surface area contributed by atoms with Crippen molar-refractivity contribution < 1.29 is 30.7 Å². The second-order valence-corrected chi connectivity index (χ2v) is 2.26. The Kier molecular flexibility index (Phi) is 3.00. The minimum Gasteiger partial charge on any atom is -0.266 e. The van der Waals surface area contributed by atoms with Crippen LogP contribution in [0.2, 0.25) is 0 Å². The van der Waals surface area contributed by atoms with Crippen molar-refractivity contribution in [1.29, 1.82) is 0 Å². The molecule has 0 aromatic rings. The fourth-order valence-corrected chi connectivity index (χ4v) is 0.597. The molecule has 0 aliphatic heterocycles. The number of rotatable bonds is 2. The van der Waals surface area contributed by atoms with Crippen LogP contribution in [0.5, 0.6) is 0 Å². The molecule has 8 heteroatoms. The standard InChI is InChI=1S/C6H4F7N/c1-3(14-2)4(7,5(8,9)10)6(11,12)13/h1-2H2. The minimum absolute atomic E-state index is 2.03. The zero-order valence-electron chi connectivity index (χ0n) is 6.51. The average Bonchev–Trinajstić information content (AvgIpc) is 1.97. The van der Waals surface area contributed by atoms with Crippen LogP contribution in [-0.2, 0) is 0 Å². The number of hydrogen-bond acceptors (Lipinski definition) is 1. The molecule has 0 radical (unpaired) electrons. The number of aliphatic imine (C=N–C) groups is 1. The lowest BCUT2D eigenvalue weighted by molar-refractivity contribution is -0.326. The van der Waals surface area contributed by atoms with Crippen molar-refractivity contribution in [3.05, 3.63) is 12.3 Å². The van der Waals surface area contributed by atoms with E-state index in [-0.39, 0.29) is 0 Å². The fraction of sp³-hybridized carbons (Fsp3) is 0.500. The first-order valence-corrected chi connectivity index (χ1v) is 2.97. The molecule has 0 aliphatic rings. The van der Waals surface area contributed by atoms with Crippen molar-refractivity contribution in [3.8, 4) is 0 Å². The van der Waals surface area contributed by atoms with Crippen molar-refractivity contribution in [2.45, 2.75) is 18.0 Å². The first kappa shape index (κ1) is 12.9. The Morgan fingerprint density at radius 3 is 1.21 bits per heavy atom. The number of alkyl halides is 7.